The molecule has 1 heterocycles. The first-order valence-corrected chi connectivity index (χ1v) is 8.28. The highest BCUT2D eigenvalue weighted by Crippen LogP contribution is 2.30. The predicted octanol–water partition coefficient (Wildman–Crippen LogP) is 5.79. The van der Waals surface area contributed by atoms with Crippen LogP contribution in [0, 0.1) is 27.7 Å². The van der Waals surface area contributed by atoms with E-state index in [-0.39, 0.29) is 0 Å². The summed E-state index contributed by atoms with van der Waals surface area (Å²) in [4.78, 5) is 4.74. The van der Waals surface area contributed by atoms with Crippen LogP contribution in [0.15, 0.2) is 41.8 Å². The lowest BCUT2D eigenvalue weighted by Crippen LogP contribution is -1.92. The van der Waals surface area contributed by atoms with Crippen molar-refractivity contribution in [3.05, 3.63) is 64.0 Å². The van der Waals surface area contributed by atoms with Gasteiger partial charge in [0.15, 0.2) is 5.13 Å². The summed E-state index contributed by atoms with van der Waals surface area (Å²) >= 11 is 1.64. The Bertz CT molecular complexity index is 818. The lowest BCUT2D eigenvalue weighted by atomic mass is 10.0. The highest BCUT2D eigenvalue weighted by molar-refractivity contribution is 7.14. The van der Waals surface area contributed by atoms with Gasteiger partial charge in [-0.1, -0.05) is 23.8 Å². The lowest BCUT2D eigenvalue weighted by molar-refractivity contribution is 1.31. The van der Waals surface area contributed by atoms with Crippen LogP contribution in [0.4, 0.5) is 10.8 Å². The molecule has 2 aromatic carbocycles. The van der Waals surface area contributed by atoms with Crippen LogP contribution in [-0.2, 0) is 0 Å². The molecule has 0 radical (unpaired) electrons. The normalized spacial score (nSPS) is 10.7. The van der Waals surface area contributed by atoms with E-state index in [1.165, 1.54) is 27.8 Å². The van der Waals surface area contributed by atoms with Crippen molar-refractivity contribution in [3.63, 3.8) is 0 Å². The van der Waals surface area contributed by atoms with Crippen molar-refractivity contribution in [1.29, 1.82) is 0 Å². The molecule has 0 fully saturated rings. The third-order valence-corrected chi connectivity index (χ3v) is 4.69. The molecule has 22 heavy (non-hydrogen) atoms. The predicted molar refractivity (Wildman–Crippen MR) is 96.2 cm³/mol. The molecule has 0 saturated heterocycles. The number of anilines is 2. The summed E-state index contributed by atoms with van der Waals surface area (Å²) in [6.45, 7) is 8.50. The average molecular weight is 308 g/mol. The van der Waals surface area contributed by atoms with Crippen molar-refractivity contribution in [2.75, 3.05) is 5.32 Å². The van der Waals surface area contributed by atoms with E-state index in [9.17, 15) is 0 Å². The average Bonchev–Trinajstić information content (AvgIpc) is 2.94. The molecule has 3 heteroatoms. The fourth-order valence-electron chi connectivity index (χ4n) is 2.41. The molecule has 0 spiro atoms. The van der Waals surface area contributed by atoms with Gasteiger partial charge in [0, 0.05) is 16.6 Å². The standard InChI is InChI=1S/C19H20N2S/c1-12-5-6-14(3)17(9-12)18-11-22-19(21-18)20-16-8-7-13(2)15(4)10-16/h5-11H,1-4H3,(H,20,21). The third-order valence-electron chi connectivity index (χ3n) is 3.93. The molecule has 0 unspecified atom stereocenters. The Kier molecular flexibility index (Phi) is 3.99. The fourth-order valence-corrected chi connectivity index (χ4v) is 3.14. The minimum Gasteiger partial charge on any atom is -0.332 e. The Morgan fingerprint density at radius 2 is 1.64 bits per heavy atom. The first kappa shape index (κ1) is 14.8. The summed E-state index contributed by atoms with van der Waals surface area (Å²) in [5, 5.41) is 6.45. The first-order valence-electron chi connectivity index (χ1n) is 7.40. The quantitative estimate of drug-likeness (QED) is 0.662. The molecule has 112 valence electrons. The number of aryl methyl sites for hydroxylation is 4. The SMILES string of the molecule is Cc1ccc(C)c(-c2csc(Nc3ccc(C)c(C)c3)n2)c1. The molecule has 2 nitrogen and oxygen atoms in total. The molecule has 1 N–H and O–H groups in total. The second-order valence-corrected chi connectivity index (χ2v) is 6.64. The zero-order valence-corrected chi connectivity index (χ0v) is 14.2. The molecule has 0 saturated carbocycles. The second kappa shape index (κ2) is 5.93. The fraction of sp³-hybridized carbons (Fsp3) is 0.211. The Balaban J connectivity index is 1.87. The number of thiazole rings is 1. The molecule has 3 aromatic rings. The van der Waals surface area contributed by atoms with E-state index in [0.717, 1.165) is 16.5 Å². The van der Waals surface area contributed by atoms with E-state index in [4.69, 9.17) is 4.98 Å². The van der Waals surface area contributed by atoms with Crippen molar-refractivity contribution in [2.45, 2.75) is 27.7 Å². The number of nitrogens with one attached hydrogen (secondary N) is 1. The Labute approximate surface area is 135 Å². The molecule has 0 atom stereocenters. The van der Waals surface area contributed by atoms with E-state index >= 15 is 0 Å². The van der Waals surface area contributed by atoms with Crippen molar-refractivity contribution < 1.29 is 0 Å². The molecule has 0 amide bonds. The Hall–Kier alpha value is -2.13. The van der Waals surface area contributed by atoms with Gasteiger partial charge < -0.3 is 5.32 Å². The zero-order valence-electron chi connectivity index (χ0n) is 13.4. The van der Waals surface area contributed by atoms with Crippen molar-refractivity contribution in [3.8, 4) is 11.3 Å². The summed E-state index contributed by atoms with van der Waals surface area (Å²) in [6, 6.07) is 12.9. The number of hydrogen-bond acceptors (Lipinski definition) is 3. The molecule has 3 rings (SSSR count). The van der Waals surface area contributed by atoms with Gasteiger partial charge in [-0.15, -0.1) is 11.3 Å². The van der Waals surface area contributed by atoms with Gasteiger partial charge in [-0.05, 0) is 62.6 Å². The number of nitrogens with zero attached hydrogens (tertiary/aromatic N) is 1. The van der Waals surface area contributed by atoms with E-state index in [2.05, 4.69) is 74.8 Å². The lowest BCUT2D eigenvalue weighted by Gasteiger charge is -2.06. The number of hydrogen-bond donors (Lipinski definition) is 1. The second-order valence-electron chi connectivity index (χ2n) is 5.78. The van der Waals surface area contributed by atoms with E-state index in [1.807, 2.05) is 0 Å². The van der Waals surface area contributed by atoms with Crippen LogP contribution in [0.5, 0.6) is 0 Å². The van der Waals surface area contributed by atoms with Crippen molar-refractivity contribution in [1.82, 2.24) is 4.98 Å². The van der Waals surface area contributed by atoms with Gasteiger partial charge in [0.25, 0.3) is 0 Å². The maximum atomic E-state index is 4.74. The van der Waals surface area contributed by atoms with Crippen LogP contribution >= 0.6 is 11.3 Å². The smallest absolute Gasteiger partial charge is 0.187 e. The van der Waals surface area contributed by atoms with Crippen LogP contribution in [0.3, 0.4) is 0 Å². The number of benzene rings is 2. The topological polar surface area (TPSA) is 24.9 Å². The van der Waals surface area contributed by atoms with Gasteiger partial charge in [-0.3, -0.25) is 0 Å². The largest absolute Gasteiger partial charge is 0.332 e. The van der Waals surface area contributed by atoms with Crippen LogP contribution in [-0.4, -0.2) is 4.98 Å². The molecule has 0 aliphatic rings. The van der Waals surface area contributed by atoms with E-state index < -0.39 is 0 Å². The number of rotatable bonds is 3. The summed E-state index contributed by atoms with van der Waals surface area (Å²) in [5.41, 5.74) is 8.45. The van der Waals surface area contributed by atoms with Gasteiger partial charge >= 0.3 is 0 Å². The highest BCUT2D eigenvalue weighted by atomic mass is 32.1. The van der Waals surface area contributed by atoms with Gasteiger partial charge in [0.05, 0.1) is 5.69 Å². The van der Waals surface area contributed by atoms with Gasteiger partial charge in [-0.2, -0.15) is 0 Å². The van der Waals surface area contributed by atoms with Crippen molar-refractivity contribution >= 4 is 22.2 Å². The van der Waals surface area contributed by atoms with Crippen LogP contribution in [0.1, 0.15) is 22.3 Å². The molecule has 0 bridgehead atoms. The third kappa shape index (κ3) is 3.04. The summed E-state index contributed by atoms with van der Waals surface area (Å²) in [7, 11) is 0. The molecule has 0 aliphatic carbocycles. The number of aromatic nitrogens is 1. The summed E-state index contributed by atoms with van der Waals surface area (Å²) < 4.78 is 0. The van der Waals surface area contributed by atoms with Gasteiger partial charge in [-0.25, -0.2) is 4.98 Å². The maximum absolute atomic E-state index is 4.74. The summed E-state index contributed by atoms with van der Waals surface area (Å²) in [6.07, 6.45) is 0. The van der Waals surface area contributed by atoms with Crippen LogP contribution in [0.25, 0.3) is 11.3 Å². The molecular formula is C19H20N2S. The Morgan fingerprint density at radius 3 is 2.41 bits per heavy atom. The molecular weight excluding hydrogens is 288 g/mol. The van der Waals surface area contributed by atoms with Crippen LogP contribution < -0.4 is 5.32 Å². The minimum atomic E-state index is 0.930. The maximum Gasteiger partial charge on any atom is 0.187 e. The van der Waals surface area contributed by atoms with Gasteiger partial charge in [0.1, 0.15) is 0 Å². The monoisotopic (exact) mass is 308 g/mol. The summed E-state index contributed by atoms with van der Waals surface area (Å²) in [5.74, 6) is 0. The van der Waals surface area contributed by atoms with E-state index in [0.29, 0.717) is 0 Å². The van der Waals surface area contributed by atoms with Crippen LogP contribution in [0.2, 0.25) is 0 Å². The molecule has 1 aromatic heterocycles. The van der Waals surface area contributed by atoms with Crippen molar-refractivity contribution in [2.24, 2.45) is 0 Å². The first-order chi connectivity index (χ1) is 10.5. The zero-order chi connectivity index (χ0) is 15.7. The van der Waals surface area contributed by atoms with E-state index in [1.54, 1.807) is 11.3 Å². The highest BCUT2D eigenvalue weighted by Gasteiger charge is 2.08. The minimum absolute atomic E-state index is 0.930. The molecule has 0 aliphatic heterocycles. The Morgan fingerprint density at radius 1 is 0.864 bits per heavy atom. The van der Waals surface area contributed by atoms with Gasteiger partial charge in [0.2, 0.25) is 0 Å².